The second-order valence-electron chi connectivity index (χ2n) is 6.17. The van der Waals surface area contributed by atoms with E-state index < -0.39 is 0 Å². The van der Waals surface area contributed by atoms with Crippen molar-refractivity contribution in [3.05, 3.63) is 47.3 Å². The van der Waals surface area contributed by atoms with Crippen molar-refractivity contribution in [1.29, 1.82) is 0 Å². The molecule has 1 aliphatic carbocycles. The van der Waals surface area contributed by atoms with Crippen LogP contribution in [0.4, 0.5) is 5.69 Å². The molecule has 1 saturated carbocycles. The van der Waals surface area contributed by atoms with Crippen LogP contribution in [0.15, 0.2) is 34.9 Å². The number of carbonyl (C=O) groups is 1. The monoisotopic (exact) mass is 313 g/mol. The molecule has 1 amide bonds. The standard InChI is InChI=1S/C18H23N3O2/c1-13-11-17(21-23-13)12-19-15-9-7-14(8-10-15)18(22)20-16-5-3-2-4-6-16/h7-11,16,19H,2-6,12H2,1H3,(H,20,22). The molecule has 1 fully saturated rings. The molecule has 1 heterocycles. The Morgan fingerprint density at radius 1 is 1.22 bits per heavy atom. The lowest BCUT2D eigenvalue weighted by molar-refractivity contribution is 0.0928. The first-order valence-corrected chi connectivity index (χ1v) is 8.28. The van der Waals surface area contributed by atoms with Crippen LogP contribution in [0, 0.1) is 6.92 Å². The van der Waals surface area contributed by atoms with E-state index in [2.05, 4.69) is 15.8 Å². The van der Waals surface area contributed by atoms with Gasteiger partial charge < -0.3 is 15.2 Å². The van der Waals surface area contributed by atoms with Crippen molar-refractivity contribution in [3.63, 3.8) is 0 Å². The highest BCUT2D eigenvalue weighted by atomic mass is 16.5. The summed E-state index contributed by atoms with van der Waals surface area (Å²) in [6, 6.07) is 9.79. The minimum absolute atomic E-state index is 0.0237. The zero-order valence-corrected chi connectivity index (χ0v) is 13.5. The molecular formula is C18H23N3O2. The van der Waals surface area contributed by atoms with Crippen molar-refractivity contribution in [2.24, 2.45) is 0 Å². The van der Waals surface area contributed by atoms with E-state index in [4.69, 9.17) is 4.52 Å². The summed E-state index contributed by atoms with van der Waals surface area (Å²) in [5.41, 5.74) is 2.53. The van der Waals surface area contributed by atoms with Gasteiger partial charge in [0.15, 0.2) is 0 Å². The molecule has 5 heteroatoms. The fourth-order valence-corrected chi connectivity index (χ4v) is 2.95. The Morgan fingerprint density at radius 3 is 2.61 bits per heavy atom. The maximum atomic E-state index is 12.3. The molecule has 0 spiro atoms. The van der Waals surface area contributed by atoms with E-state index in [0.717, 1.165) is 30.0 Å². The van der Waals surface area contributed by atoms with Crippen LogP contribution in [0.1, 0.15) is 53.9 Å². The quantitative estimate of drug-likeness (QED) is 0.884. The van der Waals surface area contributed by atoms with E-state index in [1.807, 2.05) is 37.3 Å². The Labute approximate surface area is 136 Å². The average molecular weight is 313 g/mol. The lowest BCUT2D eigenvalue weighted by Crippen LogP contribution is -2.36. The first-order valence-electron chi connectivity index (χ1n) is 8.28. The summed E-state index contributed by atoms with van der Waals surface area (Å²) in [6.07, 6.45) is 5.92. The Balaban J connectivity index is 1.52. The maximum Gasteiger partial charge on any atom is 0.251 e. The number of nitrogens with one attached hydrogen (secondary N) is 2. The largest absolute Gasteiger partial charge is 0.379 e. The van der Waals surface area contributed by atoms with Crippen molar-refractivity contribution in [2.45, 2.75) is 51.6 Å². The SMILES string of the molecule is Cc1cc(CNc2ccc(C(=O)NC3CCCCC3)cc2)no1. The number of nitrogens with zero attached hydrogens (tertiary/aromatic N) is 1. The summed E-state index contributed by atoms with van der Waals surface area (Å²) in [7, 11) is 0. The van der Waals surface area contributed by atoms with Gasteiger partial charge in [0.2, 0.25) is 0 Å². The zero-order valence-electron chi connectivity index (χ0n) is 13.5. The highest BCUT2D eigenvalue weighted by Gasteiger charge is 2.16. The minimum Gasteiger partial charge on any atom is -0.379 e. The number of amides is 1. The van der Waals surface area contributed by atoms with Crippen molar-refractivity contribution in [3.8, 4) is 0 Å². The third kappa shape index (κ3) is 4.34. The number of hydrogen-bond acceptors (Lipinski definition) is 4. The normalized spacial score (nSPS) is 15.3. The summed E-state index contributed by atoms with van der Waals surface area (Å²) in [5, 5.41) is 10.3. The van der Waals surface area contributed by atoms with Crippen molar-refractivity contribution < 1.29 is 9.32 Å². The van der Waals surface area contributed by atoms with Gasteiger partial charge >= 0.3 is 0 Å². The molecule has 0 radical (unpaired) electrons. The average Bonchev–Trinajstić information content (AvgIpc) is 3.00. The summed E-state index contributed by atoms with van der Waals surface area (Å²) in [4.78, 5) is 12.3. The molecule has 0 aliphatic heterocycles. The number of aromatic nitrogens is 1. The lowest BCUT2D eigenvalue weighted by Gasteiger charge is -2.22. The van der Waals surface area contributed by atoms with Gasteiger partial charge in [-0.3, -0.25) is 4.79 Å². The van der Waals surface area contributed by atoms with Crippen molar-refractivity contribution in [2.75, 3.05) is 5.32 Å². The second kappa shape index (κ2) is 7.31. The number of benzene rings is 1. The molecule has 3 rings (SSSR count). The molecule has 2 aromatic rings. The predicted octanol–water partition coefficient (Wildman–Crippen LogP) is 3.66. The fourth-order valence-electron chi connectivity index (χ4n) is 2.95. The highest BCUT2D eigenvalue weighted by molar-refractivity contribution is 5.94. The fraction of sp³-hybridized carbons (Fsp3) is 0.444. The number of anilines is 1. The molecular weight excluding hydrogens is 290 g/mol. The Morgan fingerprint density at radius 2 is 1.96 bits per heavy atom. The van der Waals surface area contributed by atoms with Crippen LogP contribution in [0.5, 0.6) is 0 Å². The number of aryl methyl sites for hydroxylation is 1. The van der Waals surface area contributed by atoms with E-state index in [1.54, 1.807) is 0 Å². The van der Waals surface area contributed by atoms with E-state index in [0.29, 0.717) is 18.2 Å². The topological polar surface area (TPSA) is 67.2 Å². The van der Waals surface area contributed by atoms with Crippen LogP contribution >= 0.6 is 0 Å². The van der Waals surface area contributed by atoms with Crippen LogP contribution in [0.3, 0.4) is 0 Å². The third-order valence-electron chi connectivity index (χ3n) is 4.24. The number of carbonyl (C=O) groups excluding carboxylic acids is 1. The van der Waals surface area contributed by atoms with Gasteiger partial charge in [-0.15, -0.1) is 0 Å². The maximum absolute atomic E-state index is 12.3. The van der Waals surface area contributed by atoms with Crippen LogP contribution in [-0.4, -0.2) is 17.1 Å². The number of rotatable bonds is 5. The zero-order chi connectivity index (χ0) is 16.1. The number of hydrogen-bond donors (Lipinski definition) is 2. The first-order chi connectivity index (χ1) is 11.2. The van der Waals surface area contributed by atoms with E-state index in [1.165, 1.54) is 19.3 Å². The predicted molar refractivity (Wildman–Crippen MR) is 89.3 cm³/mol. The molecule has 23 heavy (non-hydrogen) atoms. The van der Waals surface area contributed by atoms with Crippen molar-refractivity contribution in [1.82, 2.24) is 10.5 Å². The second-order valence-corrected chi connectivity index (χ2v) is 6.17. The van der Waals surface area contributed by atoms with Gasteiger partial charge in [-0.05, 0) is 44.0 Å². The molecule has 0 bridgehead atoms. The molecule has 0 atom stereocenters. The summed E-state index contributed by atoms with van der Waals surface area (Å²) in [5.74, 6) is 0.826. The van der Waals surface area contributed by atoms with Gasteiger partial charge in [-0.2, -0.15) is 0 Å². The Hall–Kier alpha value is -2.30. The molecule has 0 saturated heterocycles. The van der Waals surface area contributed by atoms with Crippen LogP contribution < -0.4 is 10.6 Å². The van der Waals surface area contributed by atoms with Crippen LogP contribution in [-0.2, 0) is 6.54 Å². The minimum atomic E-state index is 0.0237. The van der Waals surface area contributed by atoms with Gasteiger partial charge in [0, 0.05) is 23.4 Å². The van der Waals surface area contributed by atoms with Crippen molar-refractivity contribution >= 4 is 11.6 Å². The summed E-state index contributed by atoms with van der Waals surface area (Å²) >= 11 is 0. The van der Waals surface area contributed by atoms with Crippen LogP contribution in [0.25, 0.3) is 0 Å². The van der Waals surface area contributed by atoms with E-state index in [9.17, 15) is 4.79 Å². The lowest BCUT2D eigenvalue weighted by atomic mass is 9.95. The van der Waals surface area contributed by atoms with Gasteiger partial charge in [0.1, 0.15) is 11.5 Å². The van der Waals surface area contributed by atoms with E-state index in [-0.39, 0.29) is 5.91 Å². The summed E-state index contributed by atoms with van der Waals surface area (Å²) in [6.45, 7) is 2.47. The van der Waals surface area contributed by atoms with E-state index >= 15 is 0 Å². The summed E-state index contributed by atoms with van der Waals surface area (Å²) < 4.78 is 5.03. The Bertz CT molecular complexity index is 643. The smallest absolute Gasteiger partial charge is 0.251 e. The first kappa shape index (κ1) is 15.6. The molecule has 1 aliphatic rings. The van der Waals surface area contributed by atoms with Gasteiger partial charge in [-0.25, -0.2) is 0 Å². The Kier molecular flexibility index (Phi) is 4.95. The van der Waals surface area contributed by atoms with Gasteiger partial charge in [-0.1, -0.05) is 24.4 Å². The third-order valence-corrected chi connectivity index (χ3v) is 4.24. The molecule has 2 N–H and O–H groups in total. The van der Waals surface area contributed by atoms with Crippen LogP contribution in [0.2, 0.25) is 0 Å². The molecule has 122 valence electrons. The molecule has 1 aromatic heterocycles. The molecule has 5 nitrogen and oxygen atoms in total. The van der Waals surface area contributed by atoms with Gasteiger partial charge in [0.25, 0.3) is 5.91 Å². The molecule has 0 unspecified atom stereocenters. The molecule has 1 aromatic carbocycles. The highest BCUT2D eigenvalue weighted by Crippen LogP contribution is 2.18. The van der Waals surface area contributed by atoms with Gasteiger partial charge in [0.05, 0.1) is 6.54 Å².